The average Bonchev–Trinajstić information content (AvgIpc) is 2.77. The molecule has 0 aliphatic heterocycles. The molecule has 30 heavy (non-hydrogen) atoms. The van der Waals surface area contributed by atoms with Gasteiger partial charge in [-0.05, 0) is 17.7 Å². The smallest absolute Gasteiger partial charge is 0.306 e. The molecule has 3 rings (SSSR count). The van der Waals surface area contributed by atoms with E-state index in [9.17, 15) is 24.6 Å². The standard InChI is InChI=1S/C22H20O8/c1-28-15-8-11(9-16(29-2)21(15)26)14(10-17(23)30-3)18-19(24)12-6-4-5-7-13(12)20(25)22(18)27/h4-9,14,24,26H,10H2,1-3H3. The van der Waals surface area contributed by atoms with E-state index in [1.807, 2.05) is 0 Å². The first-order chi connectivity index (χ1) is 14.3. The number of hydrogen-bond acceptors (Lipinski definition) is 8. The zero-order chi connectivity index (χ0) is 22.0. The van der Waals surface area contributed by atoms with Gasteiger partial charge >= 0.3 is 5.97 Å². The molecule has 2 N–H and O–H groups in total. The fourth-order valence-electron chi connectivity index (χ4n) is 3.46. The summed E-state index contributed by atoms with van der Waals surface area (Å²) in [5.74, 6) is -4.01. The van der Waals surface area contributed by atoms with Crippen molar-refractivity contribution in [1.29, 1.82) is 0 Å². The first-order valence-electron chi connectivity index (χ1n) is 8.97. The Morgan fingerprint density at radius 1 is 0.933 bits per heavy atom. The van der Waals surface area contributed by atoms with Crippen molar-refractivity contribution in [3.05, 3.63) is 58.7 Å². The average molecular weight is 412 g/mol. The number of phenolic OH excluding ortho intramolecular Hbond substituents is 1. The Hall–Kier alpha value is -3.81. The highest BCUT2D eigenvalue weighted by atomic mass is 16.5. The number of esters is 1. The lowest BCUT2D eigenvalue weighted by Crippen LogP contribution is -2.28. The molecule has 1 atom stereocenters. The Kier molecular flexibility index (Phi) is 5.77. The van der Waals surface area contributed by atoms with Gasteiger partial charge in [0, 0.05) is 17.0 Å². The maximum atomic E-state index is 12.9. The van der Waals surface area contributed by atoms with Gasteiger partial charge in [0.25, 0.3) is 0 Å². The van der Waals surface area contributed by atoms with Gasteiger partial charge in [0.1, 0.15) is 5.76 Å². The molecule has 1 unspecified atom stereocenters. The Bertz CT molecular complexity index is 1040. The highest BCUT2D eigenvalue weighted by Gasteiger charge is 2.39. The quantitative estimate of drug-likeness (QED) is 0.549. The van der Waals surface area contributed by atoms with E-state index in [0.717, 1.165) is 0 Å². The van der Waals surface area contributed by atoms with E-state index < -0.39 is 29.2 Å². The van der Waals surface area contributed by atoms with Crippen LogP contribution in [0.15, 0.2) is 42.0 Å². The molecule has 2 aromatic rings. The Morgan fingerprint density at radius 3 is 2.03 bits per heavy atom. The highest BCUT2D eigenvalue weighted by molar-refractivity contribution is 6.52. The van der Waals surface area contributed by atoms with Crippen molar-refractivity contribution in [2.75, 3.05) is 21.3 Å². The number of phenols is 1. The van der Waals surface area contributed by atoms with Crippen LogP contribution in [0.5, 0.6) is 17.2 Å². The van der Waals surface area contributed by atoms with Gasteiger partial charge in [0.2, 0.25) is 17.3 Å². The predicted molar refractivity (Wildman–Crippen MR) is 106 cm³/mol. The normalized spacial score (nSPS) is 14.2. The topological polar surface area (TPSA) is 119 Å². The second kappa shape index (κ2) is 8.28. The zero-order valence-corrected chi connectivity index (χ0v) is 16.6. The summed E-state index contributed by atoms with van der Waals surface area (Å²) in [5, 5.41) is 21.1. The number of rotatable bonds is 6. The molecule has 0 fully saturated rings. The van der Waals surface area contributed by atoms with Gasteiger partial charge in [-0.15, -0.1) is 0 Å². The van der Waals surface area contributed by atoms with E-state index in [1.54, 1.807) is 12.1 Å². The molecule has 1 aliphatic carbocycles. The lowest BCUT2D eigenvalue weighted by atomic mass is 9.78. The molecule has 0 radical (unpaired) electrons. The Morgan fingerprint density at radius 2 is 1.50 bits per heavy atom. The van der Waals surface area contributed by atoms with Crippen LogP contribution in [0.25, 0.3) is 5.76 Å². The van der Waals surface area contributed by atoms with E-state index in [0.29, 0.717) is 5.56 Å². The third-order valence-electron chi connectivity index (χ3n) is 4.98. The Labute approximate surface area is 172 Å². The van der Waals surface area contributed by atoms with Crippen molar-refractivity contribution >= 4 is 23.3 Å². The third kappa shape index (κ3) is 3.47. The first kappa shape index (κ1) is 20.9. The summed E-state index contributed by atoms with van der Waals surface area (Å²) in [6.07, 6.45) is -0.339. The molecular formula is C22H20O8. The number of aliphatic hydroxyl groups is 1. The van der Waals surface area contributed by atoms with E-state index in [4.69, 9.17) is 14.2 Å². The fraction of sp³-hybridized carbons (Fsp3) is 0.227. The van der Waals surface area contributed by atoms with Crippen LogP contribution in [0.4, 0.5) is 0 Å². The van der Waals surface area contributed by atoms with Crippen molar-refractivity contribution in [2.45, 2.75) is 12.3 Å². The van der Waals surface area contributed by atoms with Crippen molar-refractivity contribution < 1.29 is 38.8 Å². The summed E-state index contributed by atoms with van der Waals surface area (Å²) < 4.78 is 15.0. The third-order valence-corrected chi connectivity index (χ3v) is 4.98. The van der Waals surface area contributed by atoms with Crippen molar-refractivity contribution in [1.82, 2.24) is 0 Å². The minimum atomic E-state index is -1.05. The highest BCUT2D eigenvalue weighted by Crippen LogP contribution is 2.44. The molecular weight excluding hydrogens is 392 g/mol. The van der Waals surface area contributed by atoms with Gasteiger partial charge in [0.05, 0.1) is 33.3 Å². The summed E-state index contributed by atoms with van der Waals surface area (Å²) in [6, 6.07) is 8.99. The molecule has 0 aromatic heterocycles. The van der Waals surface area contributed by atoms with Crippen LogP contribution < -0.4 is 9.47 Å². The molecule has 8 heteroatoms. The zero-order valence-electron chi connectivity index (χ0n) is 16.6. The van der Waals surface area contributed by atoms with Crippen LogP contribution in [-0.4, -0.2) is 49.1 Å². The molecule has 0 amide bonds. The number of benzene rings is 2. The maximum absolute atomic E-state index is 12.9. The van der Waals surface area contributed by atoms with E-state index >= 15 is 0 Å². The summed E-state index contributed by atoms with van der Waals surface area (Å²) in [5.41, 5.74) is 0.360. The van der Waals surface area contributed by atoms with Gasteiger partial charge < -0.3 is 24.4 Å². The van der Waals surface area contributed by atoms with E-state index in [1.165, 1.54) is 45.6 Å². The number of aromatic hydroxyl groups is 1. The molecule has 156 valence electrons. The molecule has 0 saturated carbocycles. The largest absolute Gasteiger partial charge is 0.507 e. The van der Waals surface area contributed by atoms with Crippen molar-refractivity contribution in [3.8, 4) is 17.2 Å². The predicted octanol–water partition coefficient (Wildman–Crippen LogP) is 2.79. The number of allylic oxidation sites excluding steroid dienone is 1. The van der Waals surface area contributed by atoms with E-state index in [2.05, 4.69) is 0 Å². The van der Waals surface area contributed by atoms with E-state index in [-0.39, 0.29) is 40.4 Å². The van der Waals surface area contributed by atoms with Gasteiger partial charge in [-0.1, -0.05) is 24.3 Å². The number of ketones is 2. The lowest BCUT2D eigenvalue weighted by molar-refractivity contribution is -0.140. The van der Waals surface area contributed by atoms with Crippen LogP contribution in [0, 0.1) is 0 Å². The number of hydrogen-bond donors (Lipinski definition) is 2. The fourth-order valence-corrected chi connectivity index (χ4v) is 3.46. The molecule has 8 nitrogen and oxygen atoms in total. The second-order valence-corrected chi connectivity index (χ2v) is 6.57. The van der Waals surface area contributed by atoms with Crippen LogP contribution in [-0.2, 0) is 14.3 Å². The van der Waals surface area contributed by atoms with Crippen molar-refractivity contribution in [3.63, 3.8) is 0 Å². The van der Waals surface area contributed by atoms with Gasteiger partial charge in [0.15, 0.2) is 11.5 Å². The van der Waals surface area contributed by atoms with Crippen LogP contribution in [0.1, 0.15) is 33.8 Å². The number of methoxy groups -OCH3 is 3. The molecule has 0 bridgehead atoms. The minimum absolute atomic E-state index is 0.0364. The summed E-state index contributed by atoms with van der Waals surface area (Å²) >= 11 is 0. The van der Waals surface area contributed by atoms with Crippen LogP contribution in [0.2, 0.25) is 0 Å². The lowest BCUT2D eigenvalue weighted by Gasteiger charge is -2.25. The minimum Gasteiger partial charge on any atom is -0.507 e. The molecule has 0 heterocycles. The van der Waals surface area contributed by atoms with Crippen molar-refractivity contribution in [2.24, 2.45) is 0 Å². The summed E-state index contributed by atoms with van der Waals surface area (Å²) in [7, 11) is 3.85. The number of carbonyl (C=O) groups excluding carboxylic acids is 3. The maximum Gasteiger partial charge on any atom is 0.306 e. The van der Waals surface area contributed by atoms with Crippen LogP contribution in [0.3, 0.4) is 0 Å². The number of aliphatic hydroxyl groups excluding tert-OH is 1. The number of ether oxygens (including phenoxy) is 3. The number of carbonyl (C=O) groups is 3. The second-order valence-electron chi connectivity index (χ2n) is 6.57. The monoisotopic (exact) mass is 412 g/mol. The van der Waals surface area contributed by atoms with Gasteiger partial charge in [-0.25, -0.2) is 0 Å². The number of fused-ring (bicyclic) bond motifs is 1. The first-order valence-corrected chi connectivity index (χ1v) is 8.97. The molecule has 0 spiro atoms. The van der Waals surface area contributed by atoms with Crippen LogP contribution >= 0.6 is 0 Å². The molecule has 0 saturated heterocycles. The number of Topliss-reactive ketones (excluding diaryl/α,β-unsaturated/α-hetero) is 2. The summed E-state index contributed by atoms with van der Waals surface area (Å²) in [6.45, 7) is 0. The Balaban J connectivity index is 2.27. The summed E-state index contributed by atoms with van der Waals surface area (Å²) in [4.78, 5) is 37.7. The molecule has 2 aromatic carbocycles. The van der Waals surface area contributed by atoms with Gasteiger partial charge in [-0.3, -0.25) is 14.4 Å². The SMILES string of the molecule is COC(=O)CC(C1=C(O)c2ccccc2C(=O)C1=O)c1cc(OC)c(O)c(OC)c1. The van der Waals surface area contributed by atoms with Gasteiger partial charge in [-0.2, -0.15) is 0 Å². The molecule has 1 aliphatic rings.